The Morgan fingerprint density at radius 2 is 1.57 bits per heavy atom. The third-order valence-corrected chi connectivity index (χ3v) is 7.30. The van der Waals surface area contributed by atoms with Crippen molar-refractivity contribution >= 4 is 17.4 Å². The van der Waals surface area contributed by atoms with E-state index in [4.69, 9.17) is 9.47 Å². The highest BCUT2D eigenvalue weighted by Gasteiger charge is 2.46. The number of benzene rings is 3. The Labute approximate surface area is 236 Å². The molecule has 0 aromatic heterocycles. The van der Waals surface area contributed by atoms with Gasteiger partial charge in [0.2, 0.25) is 0 Å². The number of aliphatic hydroxyl groups excluding tert-OH is 1. The summed E-state index contributed by atoms with van der Waals surface area (Å²) in [6.07, 6.45) is 0. The number of carbonyl (C=O) groups is 2. The fourth-order valence-corrected chi connectivity index (χ4v) is 5.04. The van der Waals surface area contributed by atoms with Gasteiger partial charge in [0.1, 0.15) is 23.9 Å². The molecule has 1 aliphatic rings. The summed E-state index contributed by atoms with van der Waals surface area (Å²) in [5.41, 5.74) is 3.11. The molecule has 0 unspecified atom stereocenters. The molecule has 1 heterocycles. The number of Topliss-reactive ketones (excluding diaryl/α,β-unsaturated/α-hetero) is 1. The van der Waals surface area contributed by atoms with Gasteiger partial charge in [-0.15, -0.1) is 0 Å². The van der Waals surface area contributed by atoms with Gasteiger partial charge in [0.15, 0.2) is 0 Å². The molecule has 4 rings (SSSR count). The zero-order valence-corrected chi connectivity index (χ0v) is 23.7. The predicted molar refractivity (Wildman–Crippen MR) is 156 cm³/mol. The van der Waals surface area contributed by atoms with Crippen molar-refractivity contribution in [3.8, 4) is 11.5 Å². The number of likely N-dealkylation sites (tertiary alicyclic amines) is 1. The largest absolute Gasteiger partial charge is 0.507 e. The molecule has 0 saturated carbocycles. The molecule has 3 aromatic rings. The van der Waals surface area contributed by atoms with E-state index < -0.39 is 17.7 Å². The third kappa shape index (κ3) is 6.37. The minimum absolute atomic E-state index is 0.0924. The summed E-state index contributed by atoms with van der Waals surface area (Å²) < 4.78 is 11.5. The molecule has 210 valence electrons. The lowest BCUT2D eigenvalue weighted by molar-refractivity contribution is -0.140. The van der Waals surface area contributed by atoms with E-state index in [1.807, 2.05) is 74.5 Å². The van der Waals surface area contributed by atoms with Crippen molar-refractivity contribution in [1.29, 1.82) is 0 Å². The van der Waals surface area contributed by atoms with Crippen LogP contribution in [0.1, 0.15) is 49.1 Å². The molecular weight excluding hydrogens is 504 g/mol. The van der Waals surface area contributed by atoms with Crippen LogP contribution in [0, 0.1) is 6.92 Å². The number of ether oxygens (including phenoxy) is 2. The fraction of sp³-hybridized carbons (Fsp3) is 0.333. The molecule has 7 heteroatoms. The van der Waals surface area contributed by atoms with Gasteiger partial charge in [0, 0.05) is 18.7 Å². The van der Waals surface area contributed by atoms with Crippen LogP contribution in [0.2, 0.25) is 0 Å². The molecule has 40 heavy (non-hydrogen) atoms. The van der Waals surface area contributed by atoms with E-state index >= 15 is 0 Å². The molecule has 0 bridgehead atoms. The van der Waals surface area contributed by atoms with Crippen LogP contribution in [0.4, 0.5) is 0 Å². The number of hydrogen-bond donors (Lipinski definition) is 1. The van der Waals surface area contributed by atoms with Crippen LogP contribution in [0.25, 0.3) is 5.76 Å². The Balaban J connectivity index is 1.69. The number of carbonyl (C=O) groups excluding carboxylic acids is 2. The molecule has 1 N–H and O–H groups in total. The fourth-order valence-electron chi connectivity index (χ4n) is 5.04. The molecule has 1 atom stereocenters. The lowest BCUT2D eigenvalue weighted by atomic mass is 9.94. The normalized spacial score (nSPS) is 16.5. The van der Waals surface area contributed by atoms with Gasteiger partial charge in [0.25, 0.3) is 11.7 Å². The lowest BCUT2D eigenvalue weighted by Crippen LogP contribution is -2.38. The van der Waals surface area contributed by atoms with Crippen LogP contribution in [-0.2, 0) is 16.2 Å². The highest BCUT2D eigenvalue weighted by molar-refractivity contribution is 6.46. The van der Waals surface area contributed by atoms with Crippen molar-refractivity contribution in [2.75, 3.05) is 32.8 Å². The van der Waals surface area contributed by atoms with E-state index in [2.05, 4.69) is 18.7 Å². The maximum atomic E-state index is 13.4. The maximum absolute atomic E-state index is 13.4. The molecular formula is C33H38N2O5. The monoisotopic (exact) mass is 542 g/mol. The van der Waals surface area contributed by atoms with Crippen LogP contribution >= 0.6 is 0 Å². The molecule has 3 aromatic carbocycles. The number of rotatable bonds is 12. The minimum Gasteiger partial charge on any atom is -0.507 e. The Morgan fingerprint density at radius 1 is 0.900 bits per heavy atom. The Morgan fingerprint density at radius 3 is 2.20 bits per heavy atom. The first kappa shape index (κ1) is 28.9. The Hall–Kier alpha value is -4.10. The van der Waals surface area contributed by atoms with E-state index in [-0.39, 0.29) is 11.3 Å². The van der Waals surface area contributed by atoms with Crippen molar-refractivity contribution in [2.45, 2.75) is 40.3 Å². The second kappa shape index (κ2) is 13.3. The molecule has 7 nitrogen and oxygen atoms in total. The van der Waals surface area contributed by atoms with Gasteiger partial charge in [-0.2, -0.15) is 0 Å². The number of aliphatic hydroxyl groups is 1. The number of likely N-dealkylation sites (N-methyl/N-ethyl adjacent to an activating group) is 1. The van der Waals surface area contributed by atoms with Gasteiger partial charge in [-0.25, -0.2) is 0 Å². The van der Waals surface area contributed by atoms with Crippen LogP contribution in [0.15, 0.2) is 78.4 Å². The van der Waals surface area contributed by atoms with E-state index in [0.717, 1.165) is 29.8 Å². The predicted octanol–water partition coefficient (Wildman–Crippen LogP) is 5.74. The lowest BCUT2D eigenvalue weighted by Gasteiger charge is -2.28. The molecule has 1 aliphatic heterocycles. The Kier molecular flexibility index (Phi) is 9.61. The smallest absolute Gasteiger partial charge is 0.295 e. The van der Waals surface area contributed by atoms with E-state index in [0.29, 0.717) is 43.4 Å². The molecule has 0 radical (unpaired) electrons. The molecule has 0 spiro atoms. The van der Waals surface area contributed by atoms with Crippen LogP contribution in [0.3, 0.4) is 0 Å². The number of ketones is 1. The maximum Gasteiger partial charge on any atom is 0.295 e. The second-order valence-corrected chi connectivity index (χ2v) is 9.77. The number of hydrogen-bond acceptors (Lipinski definition) is 6. The first-order valence-electron chi connectivity index (χ1n) is 13.9. The first-order chi connectivity index (χ1) is 19.4. The molecule has 1 fully saturated rings. The van der Waals surface area contributed by atoms with Crippen molar-refractivity contribution < 1.29 is 24.2 Å². The van der Waals surface area contributed by atoms with Gasteiger partial charge in [-0.3, -0.25) is 9.59 Å². The van der Waals surface area contributed by atoms with Gasteiger partial charge in [-0.1, -0.05) is 56.3 Å². The quantitative estimate of drug-likeness (QED) is 0.179. The summed E-state index contributed by atoms with van der Waals surface area (Å²) in [6, 6.07) is 21.9. The van der Waals surface area contributed by atoms with Crippen molar-refractivity contribution in [1.82, 2.24) is 9.80 Å². The number of amides is 1. The summed E-state index contributed by atoms with van der Waals surface area (Å²) in [5.74, 6) is -0.114. The topological polar surface area (TPSA) is 79.3 Å². The minimum atomic E-state index is -0.709. The average molecular weight is 543 g/mol. The standard InChI is InChI=1S/C33H38N2O5/c1-5-34(6-2)19-20-35-30(25-13-15-26(16-14-25)39-7-3)29(32(37)33(35)38)31(36)28-18-17-27(21-23(28)4)40-22-24-11-9-8-10-12-24/h8-18,21,30,36H,5-7,19-20,22H2,1-4H3/t30-/m1/s1. The highest BCUT2D eigenvalue weighted by Crippen LogP contribution is 2.40. The molecule has 1 saturated heterocycles. The van der Waals surface area contributed by atoms with E-state index in [9.17, 15) is 14.7 Å². The van der Waals surface area contributed by atoms with Crippen molar-refractivity contribution in [3.05, 3.63) is 101 Å². The summed E-state index contributed by atoms with van der Waals surface area (Å²) in [6.45, 7) is 11.5. The SMILES string of the molecule is CCOc1ccc([C@@H]2C(=C(O)c3ccc(OCc4ccccc4)cc3C)C(=O)C(=O)N2CCN(CC)CC)cc1. The van der Waals surface area contributed by atoms with Crippen molar-refractivity contribution in [3.63, 3.8) is 0 Å². The van der Waals surface area contributed by atoms with E-state index in [1.165, 1.54) is 0 Å². The van der Waals surface area contributed by atoms with Gasteiger partial charge in [0.05, 0.1) is 18.2 Å². The Bertz CT molecular complexity index is 1350. The second-order valence-electron chi connectivity index (χ2n) is 9.77. The summed E-state index contributed by atoms with van der Waals surface area (Å²) in [7, 11) is 0. The summed E-state index contributed by atoms with van der Waals surface area (Å²) in [4.78, 5) is 30.5. The average Bonchev–Trinajstić information content (AvgIpc) is 3.22. The van der Waals surface area contributed by atoms with Crippen molar-refractivity contribution in [2.24, 2.45) is 0 Å². The van der Waals surface area contributed by atoms with Crippen LogP contribution in [0.5, 0.6) is 11.5 Å². The van der Waals surface area contributed by atoms with Crippen LogP contribution < -0.4 is 9.47 Å². The van der Waals surface area contributed by atoms with Gasteiger partial charge in [-0.05, 0) is 74.0 Å². The zero-order chi connectivity index (χ0) is 28.6. The molecule has 1 amide bonds. The zero-order valence-electron chi connectivity index (χ0n) is 23.7. The number of nitrogens with zero attached hydrogens (tertiary/aromatic N) is 2. The van der Waals surface area contributed by atoms with Crippen LogP contribution in [-0.4, -0.2) is 59.4 Å². The summed E-state index contributed by atoms with van der Waals surface area (Å²) in [5, 5.41) is 11.6. The molecule has 0 aliphatic carbocycles. The highest BCUT2D eigenvalue weighted by atomic mass is 16.5. The van der Waals surface area contributed by atoms with Gasteiger partial charge >= 0.3 is 0 Å². The number of aryl methyl sites for hydroxylation is 1. The van der Waals surface area contributed by atoms with E-state index in [1.54, 1.807) is 17.0 Å². The first-order valence-corrected chi connectivity index (χ1v) is 13.9. The third-order valence-electron chi connectivity index (χ3n) is 7.30. The van der Waals surface area contributed by atoms with Gasteiger partial charge < -0.3 is 24.4 Å². The summed E-state index contributed by atoms with van der Waals surface area (Å²) >= 11 is 0.